The van der Waals surface area contributed by atoms with Crippen LogP contribution in [0, 0.1) is 6.92 Å². The average Bonchev–Trinajstić information content (AvgIpc) is 2.84. The number of carbonyl (C=O) groups excluding carboxylic acids is 1. The number of carbonyl (C=O) groups is 2. The Morgan fingerprint density at radius 2 is 2.19 bits per heavy atom. The van der Waals surface area contributed by atoms with Crippen molar-refractivity contribution in [3.05, 3.63) is 44.3 Å². The van der Waals surface area contributed by atoms with Crippen molar-refractivity contribution in [2.45, 2.75) is 13.5 Å². The van der Waals surface area contributed by atoms with Gasteiger partial charge in [-0.1, -0.05) is 0 Å². The fourth-order valence-electron chi connectivity index (χ4n) is 1.58. The van der Waals surface area contributed by atoms with Gasteiger partial charge in [0.2, 0.25) is 0 Å². The van der Waals surface area contributed by atoms with Crippen molar-refractivity contribution in [2.75, 3.05) is 5.32 Å². The van der Waals surface area contributed by atoms with Crippen LogP contribution in [0.1, 0.15) is 21.1 Å². The third kappa shape index (κ3) is 4.27. The number of nitrogens with one attached hydrogen (secondary N) is 2. The Labute approximate surface area is 133 Å². The molecule has 110 valence electrons. The molecule has 0 bridgehead atoms. The number of aryl methyl sites for hydroxylation is 1. The van der Waals surface area contributed by atoms with Crippen molar-refractivity contribution in [3.63, 3.8) is 0 Å². The predicted octanol–water partition coefficient (Wildman–Crippen LogP) is 3.23. The van der Waals surface area contributed by atoms with Gasteiger partial charge in [-0.05, 0) is 41.1 Å². The molecule has 0 unspecified atom stereocenters. The third-order valence-corrected chi connectivity index (χ3v) is 4.04. The summed E-state index contributed by atoms with van der Waals surface area (Å²) in [6.45, 7) is 2.23. The average molecular weight is 370 g/mol. The highest BCUT2D eigenvalue weighted by molar-refractivity contribution is 9.10. The van der Waals surface area contributed by atoms with Crippen LogP contribution in [0.25, 0.3) is 0 Å². The maximum Gasteiger partial charge on any atom is 0.335 e. The first-order valence-corrected chi connectivity index (χ1v) is 7.61. The van der Waals surface area contributed by atoms with E-state index in [9.17, 15) is 9.59 Å². The van der Waals surface area contributed by atoms with Gasteiger partial charge in [-0.25, -0.2) is 14.6 Å². The molecule has 1 aromatic heterocycles. The summed E-state index contributed by atoms with van der Waals surface area (Å²) in [7, 11) is 0. The van der Waals surface area contributed by atoms with Gasteiger partial charge in [-0.3, -0.25) is 0 Å². The van der Waals surface area contributed by atoms with Gasteiger partial charge in [0, 0.05) is 9.85 Å². The van der Waals surface area contributed by atoms with Gasteiger partial charge >= 0.3 is 12.0 Å². The molecule has 2 amide bonds. The monoisotopic (exact) mass is 369 g/mol. The quantitative estimate of drug-likeness (QED) is 0.771. The van der Waals surface area contributed by atoms with Crippen molar-refractivity contribution >= 4 is 45.0 Å². The molecule has 0 saturated heterocycles. The lowest BCUT2D eigenvalue weighted by Crippen LogP contribution is -2.28. The van der Waals surface area contributed by atoms with Crippen LogP contribution in [0.4, 0.5) is 10.5 Å². The number of nitrogens with zero attached hydrogens (tertiary/aromatic N) is 1. The summed E-state index contributed by atoms with van der Waals surface area (Å²) in [5, 5.41) is 17.0. The van der Waals surface area contributed by atoms with E-state index in [0.29, 0.717) is 16.7 Å². The molecule has 3 N–H and O–H groups in total. The van der Waals surface area contributed by atoms with E-state index < -0.39 is 5.97 Å². The molecule has 1 aromatic carbocycles. The Morgan fingerprint density at radius 3 is 2.76 bits per heavy atom. The van der Waals surface area contributed by atoms with Crippen LogP contribution in [0.15, 0.2) is 28.1 Å². The number of anilines is 1. The Bertz CT molecular complexity index is 687. The van der Waals surface area contributed by atoms with Crippen LogP contribution < -0.4 is 10.6 Å². The first-order valence-electron chi connectivity index (χ1n) is 5.94. The minimum Gasteiger partial charge on any atom is -0.478 e. The Hall–Kier alpha value is -1.93. The van der Waals surface area contributed by atoms with Gasteiger partial charge in [-0.15, -0.1) is 11.3 Å². The van der Waals surface area contributed by atoms with E-state index in [-0.39, 0.29) is 11.6 Å². The Balaban J connectivity index is 1.94. The van der Waals surface area contributed by atoms with Crippen molar-refractivity contribution in [1.82, 2.24) is 10.3 Å². The first-order chi connectivity index (χ1) is 9.95. The maximum atomic E-state index is 11.8. The minimum absolute atomic E-state index is 0.144. The summed E-state index contributed by atoms with van der Waals surface area (Å²) in [6.07, 6.45) is 0. The van der Waals surface area contributed by atoms with Crippen molar-refractivity contribution < 1.29 is 14.7 Å². The molecule has 1 heterocycles. The number of benzene rings is 1. The summed E-state index contributed by atoms with van der Waals surface area (Å²) in [6, 6.07) is 4.00. The summed E-state index contributed by atoms with van der Waals surface area (Å²) >= 11 is 4.75. The molecule has 2 rings (SSSR count). The largest absolute Gasteiger partial charge is 0.478 e. The van der Waals surface area contributed by atoms with Gasteiger partial charge in [0.25, 0.3) is 0 Å². The number of carboxylic acids is 1. The van der Waals surface area contributed by atoms with Gasteiger partial charge in [0.05, 0.1) is 28.5 Å². The molecular weight excluding hydrogens is 358 g/mol. The van der Waals surface area contributed by atoms with Crippen LogP contribution >= 0.6 is 27.3 Å². The number of hydrogen-bond acceptors (Lipinski definition) is 4. The zero-order valence-corrected chi connectivity index (χ0v) is 13.4. The van der Waals surface area contributed by atoms with Crippen molar-refractivity contribution in [1.29, 1.82) is 0 Å². The smallest absolute Gasteiger partial charge is 0.335 e. The van der Waals surface area contributed by atoms with E-state index in [1.54, 1.807) is 0 Å². The zero-order valence-electron chi connectivity index (χ0n) is 11.0. The molecule has 0 atom stereocenters. The van der Waals surface area contributed by atoms with E-state index >= 15 is 0 Å². The van der Waals surface area contributed by atoms with Crippen LogP contribution in [0.5, 0.6) is 0 Å². The molecule has 2 aromatic rings. The SMILES string of the molecule is Cc1nc(CNC(=O)Nc2ccc(C(=O)O)cc2Br)cs1. The fourth-order valence-corrected chi connectivity index (χ4v) is 2.67. The van der Waals surface area contributed by atoms with Crippen LogP contribution in [-0.4, -0.2) is 22.1 Å². The molecule has 21 heavy (non-hydrogen) atoms. The molecule has 0 saturated carbocycles. The third-order valence-electron chi connectivity index (χ3n) is 2.56. The first kappa shape index (κ1) is 15.5. The topological polar surface area (TPSA) is 91.3 Å². The van der Waals surface area contributed by atoms with Crippen LogP contribution in [0.3, 0.4) is 0 Å². The molecule has 0 radical (unpaired) electrons. The second-order valence-electron chi connectivity index (χ2n) is 4.17. The lowest BCUT2D eigenvalue weighted by atomic mass is 10.2. The lowest BCUT2D eigenvalue weighted by Gasteiger charge is -2.09. The lowest BCUT2D eigenvalue weighted by molar-refractivity contribution is 0.0697. The second-order valence-corrected chi connectivity index (χ2v) is 6.08. The predicted molar refractivity (Wildman–Crippen MR) is 83.8 cm³/mol. The second kappa shape index (κ2) is 6.68. The highest BCUT2D eigenvalue weighted by Crippen LogP contribution is 2.23. The standard InChI is InChI=1S/C13H12BrN3O3S/c1-7-16-9(6-21-7)5-15-13(20)17-11-3-2-8(12(18)19)4-10(11)14/h2-4,6H,5H2,1H3,(H,18,19)(H2,15,17,20). The van der Waals surface area contributed by atoms with Gasteiger partial charge < -0.3 is 15.7 Å². The van der Waals surface area contributed by atoms with E-state index in [2.05, 4.69) is 31.5 Å². The number of carboxylic acid groups (broad SMARTS) is 1. The van der Waals surface area contributed by atoms with Crippen LogP contribution in [-0.2, 0) is 6.54 Å². The number of aromatic carboxylic acids is 1. The van der Waals surface area contributed by atoms with E-state index in [1.807, 2.05) is 12.3 Å². The minimum atomic E-state index is -1.02. The molecular formula is C13H12BrN3O3S. The number of thiazole rings is 1. The number of urea groups is 1. The van der Waals surface area contributed by atoms with Gasteiger partial charge in [0.1, 0.15) is 0 Å². The molecule has 0 fully saturated rings. The van der Waals surface area contributed by atoms with Gasteiger partial charge in [-0.2, -0.15) is 0 Å². The van der Waals surface area contributed by atoms with Crippen LogP contribution in [0.2, 0.25) is 0 Å². The van der Waals surface area contributed by atoms with E-state index in [1.165, 1.54) is 29.5 Å². The summed E-state index contributed by atoms with van der Waals surface area (Å²) in [4.78, 5) is 26.8. The van der Waals surface area contributed by atoms with Crippen molar-refractivity contribution in [2.24, 2.45) is 0 Å². The Morgan fingerprint density at radius 1 is 1.43 bits per heavy atom. The highest BCUT2D eigenvalue weighted by atomic mass is 79.9. The summed E-state index contributed by atoms with van der Waals surface area (Å²) in [5.74, 6) is -1.02. The number of hydrogen-bond donors (Lipinski definition) is 3. The Kier molecular flexibility index (Phi) is 4.92. The number of amides is 2. The summed E-state index contributed by atoms with van der Waals surface area (Å²) in [5.41, 5.74) is 1.44. The molecule has 6 nitrogen and oxygen atoms in total. The molecule has 8 heteroatoms. The van der Waals surface area contributed by atoms with Gasteiger partial charge in [0.15, 0.2) is 0 Å². The number of rotatable bonds is 4. The molecule has 0 spiro atoms. The normalized spacial score (nSPS) is 10.2. The van der Waals surface area contributed by atoms with Crippen molar-refractivity contribution in [3.8, 4) is 0 Å². The summed E-state index contributed by atoms with van der Waals surface area (Å²) < 4.78 is 0.502. The molecule has 0 aliphatic rings. The molecule has 0 aliphatic heterocycles. The van der Waals surface area contributed by atoms with E-state index in [4.69, 9.17) is 5.11 Å². The van der Waals surface area contributed by atoms with E-state index in [0.717, 1.165) is 10.7 Å². The number of aromatic nitrogens is 1. The maximum absolute atomic E-state index is 11.8. The zero-order chi connectivity index (χ0) is 15.4. The highest BCUT2D eigenvalue weighted by Gasteiger charge is 2.09. The fraction of sp³-hybridized carbons (Fsp3) is 0.154. The molecule has 0 aliphatic carbocycles. The number of halogens is 1.